The lowest BCUT2D eigenvalue weighted by Crippen LogP contribution is -2.17. The van der Waals surface area contributed by atoms with Gasteiger partial charge in [-0.25, -0.2) is 14.6 Å². The molecule has 0 spiro atoms. The summed E-state index contributed by atoms with van der Waals surface area (Å²) in [7, 11) is 0. The largest absolute Gasteiger partial charge is 0.476 e. The Morgan fingerprint density at radius 2 is 1.96 bits per heavy atom. The van der Waals surface area contributed by atoms with Crippen molar-refractivity contribution < 1.29 is 19.4 Å². The first-order valence-corrected chi connectivity index (χ1v) is 7.24. The molecule has 0 unspecified atom stereocenters. The molecule has 2 aromatic heterocycles. The van der Waals surface area contributed by atoms with Gasteiger partial charge in [-0.2, -0.15) is 0 Å². The number of fused-ring (bicyclic) bond motifs is 1. The van der Waals surface area contributed by atoms with Crippen LogP contribution in [0.15, 0.2) is 48.7 Å². The minimum atomic E-state index is -1.23. The Hall–Kier alpha value is -3.35. The summed E-state index contributed by atoms with van der Waals surface area (Å²) in [6, 6.07) is 12.7. The molecule has 3 aromatic rings. The number of hydrogen-bond donors (Lipinski definition) is 2. The second-order valence-corrected chi connectivity index (χ2v) is 5.24. The lowest BCUT2D eigenvalue weighted by molar-refractivity contribution is 0.0692. The average molecular weight is 325 g/mol. The highest BCUT2D eigenvalue weighted by atomic mass is 16.5. The van der Waals surface area contributed by atoms with Crippen LogP contribution in [0.1, 0.15) is 21.6 Å². The molecule has 2 heterocycles. The van der Waals surface area contributed by atoms with Gasteiger partial charge in [0.15, 0.2) is 11.5 Å². The molecule has 0 aliphatic heterocycles. The number of aromatic nitrogens is 2. The molecule has 0 bridgehead atoms. The van der Waals surface area contributed by atoms with E-state index in [9.17, 15) is 14.7 Å². The molecule has 2 N–H and O–H groups in total. The highest BCUT2D eigenvalue weighted by Gasteiger charge is 2.20. The van der Waals surface area contributed by atoms with Crippen molar-refractivity contribution in [2.24, 2.45) is 0 Å². The van der Waals surface area contributed by atoms with E-state index in [1.165, 1.54) is 4.40 Å². The highest BCUT2D eigenvalue weighted by Crippen LogP contribution is 2.19. The summed E-state index contributed by atoms with van der Waals surface area (Å²) in [5.74, 6) is -1.16. The zero-order valence-corrected chi connectivity index (χ0v) is 12.9. The van der Waals surface area contributed by atoms with Crippen molar-refractivity contribution >= 4 is 23.5 Å². The van der Waals surface area contributed by atoms with Crippen LogP contribution in [0.5, 0.6) is 0 Å². The van der Waals surface area contributed by atoms with E-state index in [0.29, 0.717) is 5.65 Å². The van der Waals surface area contributed by atoms with Gasteiger partial charge in [0, 0.05) is 6.20 Å². The smallest absolute Gasteiger partial charge is 0.413 e. The minimum absolute atomic E-state index is 0.0688. The van der Waals surface area contributed by atoms with Gasteiger partial charge in [0.05, 0.1) is 0 Å². The van der Waals surface area contributed by atoms with E-state index in [4.69, 9.17) is 4.74 Å². The third kappa shape index (κ3) is 3.19. The van der Waals surface area contributed by atoms with Gasteiger partial charge in [0.2, 0.25) is 0 Å². The third-order valence-corrected chi connectivity index (χ3v) is 3.40. The monoisotopic (exact) mass is 325 g/mol. The van der Waals surface area contributed by atoms with Crippen LogP contribution in [0.3, 0.4) is 0 Å². The number of benzene rings is 1. The van der Waals surface area contributed by atoms with Gasteiger partial charge < -0.3 is 9.84 Å². The van der Waals surface area contributed by atoms with Crippen molar-refractivity contribution in [3.63, 3.8) is 0 Å². The first kappa shape index (κ1) is 15.5. The second kappa shape index (κ2) is 6.41. The molecule has 0 saturated heterocycles. The Balaban J connectivity index is 1.83. The van der Waals surface area contributed by atoms with Crippen LogP contribution >= 0.6 is 0 Å². The molecular formula is C17H15N3O4. The topological polar surface area (TPSA) is 92.9 Å². The Morgan fingerprint density at radius 1 is 1.21 bits per heavy atom. The molecule has 0 aliphatic rings. The molecular weight excluding hydrogens is 310 g/mol. The Bertz CT molecular complexity index is 903. The summed E-state index contributed by atoms with van der Waals surface area (Å²) >= 11 is 0. The van der Waals surface area contributed by atoms with Gasteiger partial charge in [-0.15, -0.1) is 0 Å². The van der Waals surface area contributed by atoms with Gasteiger partial charge in [-0.3, -0.25) is 9.72 Å². The summed E-state index contributed by atoms with van der Waals surface area (Å²) in [4.78, 5) is 27.4. The predicted octanol–water partition coefficient (Wildman–Crippen LogP) is 3.09. The molecule has 24 heavy (non-hydrogen) atoms. The lowest BCUT2D eigenvalue weighted by atomic mass is 10.2. The number of carbonyl (C=O) groups is 2. The van der Waals surface area contributed by atoms with Crippen molar-refractivity contribution in [1.29, 1.82) is 0 Å². The van der Waals surface area contributed by atoms with Crippen molar-refractivity contribution in [2.45, 2.75) is 13.5 Å². The molecule has 0 atom stereocenters. The molecule has 1 amide bonds. The van der Waals surface area contributed by atoms with Crippen molar-refractivity contribution in [3.8, 4) is 0 Å². The van der Waals surface area contributed by atoms with Crippen LogP contribution < -0.4 is 5.32 Å². The number of hydrogen-bond acceptors (Lipinski definition) is 4. The summed E-state index contributed by atoms with van der Waals surface area (Å²) < 4.78 is 6.65. The van der Waals surface area contributed by atoms with Gasteiger partial charge in [-0.05, 0) is 24.1 Å². The Labute approximate surface area is 137 Å². The molecule has 1 aromatic carbocycles. The molecule has 0 saturated carbocycles. The van der Waals surface area contributed by atoms with E-state index in [-0.39, 0.29) is 18.1 Å². The number of ether oxygens (including phenoxy) is 1. The number of anilines is 1. The SMILES string of the molecule is Cc1ccc2nc(C(=O)O)c(NC(=O)OCc3ccccc3)n2c1. The molecule has 7 heteroatoms. The summed E-state index contributed by atoms with van der Waals surface area (Å²) in [6.07, 6.45) is 0.950. The Morgan fingerprint density at radius 3 is 2.67 bits per heavy atom. The van der Waals surface area contributed by atoms with E-state index >= 15 is 0 Å². The van der Waals surface area contributed by atoms with Gasteiger partial charge in [0.1, 0.15) is 12.3 Å². The normalized spacial score (nSPS) is 10.5. The molecule has 3 rings (SSSR count). The highest BCUT2D eigenvalue weighted by molar-refractivity contribution is 5.97. The van der Waals surface area contributed by atoms with Crippen molar-refractivity contribution in [3.05, 3.63) is 65.5 Å². The summed E-state index contributed by atoms with van der Waals surface area (Å²) in [6.45, 7) is 1.95. The van der Waals surface area contributed by atoms with E-state index in [0.717, 1.165) is 11.1 Å². The van der Waals surface area contributed by atoms with E-state index in [1.54, 1.807) is 12.3 Å². The van der Waals surface area contributed by atoms with E-state index in [2.05, 4.69) is 10.3 Å². The van der Waals surface area contributed by atoms with Crippen LogP contribution in [-0.2, 0) is 11.3 Å². The maximum absolute atomic E-state index is 12.0. The number of nitrogens with one attached hydrogen (secondary N) is 1. The first-order chi connectivity index (χ1) is 11.5. The molecule has 122 valence electrons. The average Bonchev–Trinajstić information content (AvgIpc) is 2.92. The van der Waals surface area contributed by atoms with Crippen LogP contribution in [0.4, 0.5) is 10.6 Å². The number of aryl methyl sites for hydroxylation is 1. The van der Waals surface area contributed by atoms with Crippen LogP contribution in [-0.4, -0.2) is 26.6 Å². The number of carboxylic acid groups (broad SMARTS) is 1. The van der Waals surface area contributed by atoms with Crippen molar-refractivity contribution in [2.75, 3.05) is 5.32 Å². The molecule has 7 nitrogen and oxygen atoms in total. The number of amides is 1. The Kier molecular flexibility index (Phi) is 4.15. The predicted molar refractivity (Wildman–Crippen MR) is 87.1 cm³/mol. The standard InChI is InChI=1S/C17H15N3O4/c1-11-7-8-13-18-14(16(21)22)15(20(13)9-11)19-17(23)24-10-12-5-3-2-4-6-12/h2-9H,10H2,1H3,(H,19,23)(H,21,22). The maximum Gasteiger partial charge on any atom is 0.413 e. The fraction of sp³-hybridized carbons (Fsp3) is 0.118. The van der Waals surface area contributed by atoms with Gasteiger partial charge in [0.25, 0.3) is 0 Å². The molecule has 0 fully saturated rings. The minimum Gasteiger partial charge on any atom is -0.476 e. The quantitative estimate of drug-likeness (QED) is 0.769. The number of imidazole rings is 1. The van der Waals surface area contributed by atoms with E-state index < -0.39 is 12.1 Å². The van der Waals surface area contributed by atoms with Crippen LogP contribution in [0, 0.1) is 6.92 Å². The van der Waals surface area contributed by atoms with Gasteiger partial charge in [-0.1, -0.05) is 36.4 Å². The molecule has 0 radical (unpaired) electrons. The first-order valence-electron chi connectivity index (χ1n) is 7.24. The zero-order valence-electron chi connectivity index (χ0n) is 12.9. The number of carbonyl (C=O) groups excluding carboxylic acids is 1. The number of aromatic carboxylic acids is 1. The fourth-order valence-electron chi connectivity index (χ4n) is 2.28. The lowest BCUT2D eigenvalue weighted by Gasteiger charge is -2.08. The third-order valence-electron chi connectivity index (χ3n) is 3.40. The summed E-state index contributed by atoms with van der Waals surface area (Å²) in [5.41, 5.74) is 1.92. The zero-order chi connectivity index (χ0) is 17.1. The summed E-state index contributed by atoms with van der Waals surface area (Å²) in [5, 5.41) is 11.8. The van der Waals surface area contributed by atoms with Crippen LogP contribution in [0.25, 0.3) is 5.65 Å². The second-order valence-electron chi connectivity index (χ2n) is 5.24. The number of pyridine rings is 1. The fourth-order valence-corrected chi connectivity index (χ4v) is 2.28. The number of rotatable bonds is 4. The number of nitrogens with zero attached hydrogens (tertiary/aromatic N) is 2. The maximum atomic E-state index is 12.0. The number of carboxylic acids is 1. The van der Waals surface area contributed by atoms with Crippen LogP contribution in [0.2, 0.25) is 0 Å². The van der Waals surface area contributed by atoms with Gasteiger partial charge >= 0.3 is 12.1 Å². The molecule has 0 aliphatic carbocycles. The van der Waals surface area contributed by atoms with E-state index in [1.807, 2.05) is 43.3 Å². The van der Waals surface area contributed by atoms with Crippen molar-refractivity contribution in [1.82, 2.24) is 9.38 Å².